The van der Waals surface area contributed by atoms with E-state index < -0.39 is 6.10 Å². The van der Waals surface area contributed by atoms with Gasteiger partial charge < -0.3 is 14.2 Å². The second-order valence-corrected chi connectivity index (χ2v) is 21.3. The van der Waals surface area contributed by atoms with Crippen molar-refractivity contribution in [3.8, 4) is 0 Å². The van der Waals surface area contributed by atoms with Gasteiger partial charge in [-0.3, -0.25) is 14.4 Å². The van der Waals surface area contributed by atoms with E-state index >= 15 is 0 Å². The van der Waals surface area contributed by atoms with Gasteiger partial charge in [-0.05, 0) is 122 Å². The number of unbranched alkanes of at least 4 members (excludes halogenated alkanes) is 31. The van der Waals surface area contributed by atoms with Gasteiger partial charge in [-0.25, -0.2) is 0 Å². The molecule has 0 aliphatic rings. The van der Waals surface area contributed by atoms with E-state index in [0.717, 1.165) is 122 Å². The summed E-state index contributed by atoms with van der Waals surface area (Å²) in [5, 5.41) is 0. The van der Waals surface area contributed by atoms with E-state index in [-0.39, 0.29) is 31.1 Å². The summed E-state index contributed by atoms with van der Waals surface area (Å²) in [5.74, 6) is -0.898. The van der Waals surface area contributed by atoms with Gasteiger partial charge in [0.1, 0.15) is 13.2 Å². The molecule has 0 radical (unpaired) electrons. The minimum Gasteiger partial charge on any atom is -0.462 e. The van der Waals surface area contributed by atoms with Crippen LogP contribution in [0.2, 0.25) is 0 Å². The molecular weight excluding hydrogens is 937 g/mol. The van der Waals surface area contributed by atoms with E-state index in [4.69, 9.17) is 14.2 Å². The number of carbonyl (C=O) groups is 3. The number of allylic oxidation sites excluding steroid dienone is 16. The second-order valence-electron chi connectivity index (χ2n) is 21.3. The summed E-state index contributed by atoms with van der Waals surface area (Å²) in [6, 6.07) is 0. The fraction of sp³-hybridized carbons (Fsp3) is 0.729. The van der Waals surface area contributed by atoms with Crippen molar-refractivity contribution in [2.24, 2.45) is 0 Å². The minimum atomic E-state index is -0.787. The lowest BCUT2D eigenvalue weighted by Gasteiger charge is -2.18. The third kappa shape index (κ3) is 61.2. The Balaban J connectivity index is 4.19. The Morgan fingerprint density at radius 1 is 0.276 bits per heavy atom. The van der Waals surface area contributed by atoms with Crippen molar-refractivity contribution >= 4 is 17.9 Å². The molecule has 0 N–H and O–H groups in total. The Bertz CT molecular complexity index is 1490. The van der Waals surface area contributed by atoms with E-state index in [1.54, 1.807) is 0 Å². The smallest absolute Gasteiger partial charge is 0.306 e. The maximum absolute atomic E-state index is 12.9. The van der Waals surface area contributed by atoms with Crippen LogP contribution in [0, 0.1) is 0 Å². The first-order chi connectivity index (χ1) is 37.5. The molecule has 0 aromatic rings. The average molecular weight is 1060 g/mol. The Morgan fingerprint density at radius 2 is 0.513 bits per heavy atom. The highest BCUT2D eigenvalue weighted by Gasteiger charge is 2.19. The molecule has 0 aliphatic heterocycles. The minimum absolute atomic E-state index is 0.0838. The van der Waals surface area contributed by atoms with Crippen molar-refractivity contribution in [3.05, 3.63) is 97.2 Å². The number of esters is 3. The van der Waals surface area contributed by atoms with Crippen LogP contribution in [0.1, 0.15) is 310 Å². The molecular formula is C70H120O6. The number of hydrogen-bond donors (Lipinski definition) is 0. The van der Waals surface area contributed by atoms with E-state index in [2.05, 4.69) is 118 Å². The lowest BCUT2D eigenvalue weighted by Crippen LogP contribution is -2.30. The Labute approximate surface area is 470 Å². The Hall–Kier alpha value is -3.67. The molecule has 0 fully saturated rings. The molecule has 6 nitrogen and oxygen atoms in total. The highest BCUT2D eigenvalue weighted by Crippen LogP contribution is 2.16. The van der Waals surface area contributed by atoms with Gasteiger partial charge in [0.05, 0.1) is 0 Å². The van der Waals surface area contributed by atoms with Crippen molar-refractivity contribution < 1.29 is 28.6 Å². The van der Waals surface area contributed by atoms with Crippen molar-refractivity contribution in [1.82, 2.24) is 0 Å². The number of hydrogen-bond acceptors (Lipinski definition) is 6. The molecule has 0 aliphatic carbocycles. The molecule has 0 aromatic heterocycles. The number of ether oxygens (including phenoxy) is 3. The maximum atomic E-state index is 12.9. The van der Waals surface area contributed by atoms with Gasteiger partial charge >= 0.3 is 17.9 Å². The second kappa shape index (κ2) is 63.9. The summed E-state index contributed by atoms with van der Waals surface area (Å²) in [4.78, 5) is 38.2. The molecule has 1 atom stereocenters. The molecule has 0 spiro atoms. The molecule has 0 amide bonds. The first kappa shape index (κ1) is 72.3. The molecule has 0 saturated heterocycles. The largest absolute Gasteiger partial charge is 0.462 e. The highest BCUT2D eigenvalue weighted by atomic mass is 16.6. The Morgan fingerprint density at radius 3 is 0.816 bits per heavy atom. The summed E-state index contributed by atoms with van der Waals surface area (Å²) in [6.45, 7) is 6.48. The van der Waals surface area contributed by atoms with Crippen LogP contribution in [0.15, 0.2) is 97.2 Å². The van der Waals surface area contributed by atoms with Crippen LogP contribution in [-0.4, -0.2) is 37.2 Å². The first-order valence-electron chi connectivity index (χ1n) is 32.2. The highest BCUT2D eigenvalue weighted by molar-refractivity contribution is 5.71. The summed E-state index contributed by atoms with van der Waals surface area (Å²) in [7, 11) is 0. The van der Waals surface area contributed by atoms with E-state index in [1.807, 2.05) is 0 Å². The van der Waals surface area contributed by atoms with Crippen molar-refractivity contribution in [1.29, 1.82) is 0 Å². The summed E-state index contributed by atoms with van der Waals surface area (Å²) < 4.78 is 16.9. The summed E-state index contributed by atoms with van der Waals surface area (Å²) in [6.07, 6.45) is 85.7. The van der Waals surface area contributed by atoms with E-state index in [0.29, 0.717) is 19.3 Å². The predicted molar refractivity (Wildman–Crippen MR) is 330 cm³/mol. The molecule has 0 heterocycles. The van der Waals surface area contributed by atoms with Gasteiger partial charge in [-0.1, -0.05) is 266 Å². The lowest BCUT2D eigenvalue weighted by atomic mass is 10.0. The first-order valence-corrected chi connectivity index (χ1v) is 32.2. The van der Waals surface area contributed by atoms with Gasteiger partial charge in [0.25, 0.3) is 0 Å². The van der Waals surface area contributed by atoms with Crippen molar-refractivity contribution in [2.75, 3.05) is 13.2 Å². The van der Waals surface area contributed by atoms with Gasteiger partial charge in [0.2, 0.25) is 0 Å². The van der Waals surface area contributed by atoms with E-state index in [1.165, 1.54) is 148 Å². The Kier molecular flexibility index (Phi) is 60.8. The van der Waals surface area contributed by atoms with Crippen LogP contribution in [-0.2, 0) is 28.6 Å². The van der Waals surface area contributed by atoms with Gasteiger partial charge in [0, 0.05) is 19.3 Å². The van der Waals surface area contributed by atoms with Crippen molar-refractivity contribution in [2.45, 2.75) is 316 Å². The van der Waals surface area contributed by atoms with Gasteiger partial charge in [-0.2, -0.15) is 0 Å². The summed E-state index contributed by atoms with van der Waals surface area (Å²) >= 11 is 0. The standard InChI is InChI=1S/C70H120O6/c1-4-7-10-13-16-19-22-25-27-28-29-30-31-32-33-34-35-36-37-38-39-40-41-42-44-45-48-51-54-57-60-63-69(72)75-66-67(65-74-68(71)62-59-56-53-50-47-24-21-18-15-12-9-6-3)76-70(73)64-61-58-55-52-49-46-43-26-23-20-17-14-11-8-5-2/h7,10,16-21,25-27,29-30,32-33,43,67H,4-6,8-9,11-15,22-24,28,31,34-42,44-66H2,1-3H3/b10-7-,19-16-,20-17-,21-18-,27-25-,30-29-,33-32-,43-26-. The monoisotopic (exact) mass is 1060 g/mol. The van der Waals surface area contributed by atoms with Crippen LogP contribution in [0.4, 0.5) is 0 Å². The van der Waals surface area contributed by atoms with Gasteiger partial charge in [-0.15, -0.1) is 0 Å². The molecule has 6 heteroatoms. The molecule has 0 saturated carbocycles. The normalized spacial score (nSPS) is 12.7. The molecule has 0 rings (SSSR count). The molecule has 76 heavy (non-hydrogen) atoms. The zero-order valence-electron chi connectivity index (χ0n) is 50.0. The lowest BCUT2D eigenvalue weighted by molar-refractivity contribution is -0.167. The number of carbonyl (C=O) groups excluding carboxylic acids is 3. The van der Waals surface area contributed by atoms with Crippen LogP contribution in [0.5, 0.6) is 0 Å². The van der Waals surface area contributed by atoms with Crippen LogP contribution in [0.25, 0.3) is 0 Å². The molecule has 1 unspecified atom stereocenters. The SMILES string of the molecule is CC/C=C\C/C=C\C/C=C\C/C=C\C/C=C\CCCCCCCCCCCCCCCCCC(=O)OCC(COC(=O)CCCCCCC/C=C\CCCCC)OC(=O)CCCCCCC/C=C\C/C=C\CCCCC. The predicted octanol–water partition coefficient (Wildman–Crippen LogP) is 22.0. The molecule has 0 aromatic carbocycles. The topological polar surface area (TPSA) is 78.9 Å². The third-order valence-electron chi connectivity index (χ3n) is 13.8. The third-order valence-corrected chi connectivity index (χ3v) is 13.8. The zero-order valence-corrected chi connectivity index (χ0v) is 50.0. The van der Waals surface area contributed by atoms with Crippen LogP contribution < -0.4 is 0 Å². The van der Waals surface area contributed by atoms with Crippen molar-refractivity contribution in [3.63, 3.8) is 0 Å². The summed E-state index contributed by atoms with van der Waals surface area (Å²) in [5.41, 5.74) is 0. The van der Waals surface area contributed by atoms with Crippen LogP contribution in [0.3, 0.4) is 0 Å². The maximum Gasteiger partial charge on any atom is 0.306 e. The molecule has 436 valence electrons. The quantitative estimate of drug-likeness (QED) is 0.0261. The average Bonchev–Trinajstić information content (AvgIpc) is 3.42. The van der Waals surface area contributed by atoms with Crippen LogP contribution >= 0.6 is 0 Å². The van der Waals surface area contributed by atoms with Gasteiger partial charge in [0.15, 0.2) is 6.10 Å². The van der Waals surface area contributed by atoms with E-state index in [9.17, 15) is 14.4 Å². The zero-order chi connectivity index (χ0) is 55.0. The number of rotatable bonds is 58. The fourth-order valence-corrected chi connectivity index (χ4v) is 8.97. The molecule has 0 bridgehead atoms. The fourth-order valence-electron chi connectivity index (χ4n) is 8.97.